The fourth-order valence-corrected chi connectivity index (χ4v) is 2.17. The Morgan fingerprint density at radius 3 is 2.42 bits per heavy atom. The van der Waals surface area contributed by atoms with E-state index in [2.05, 4.69) is 0 Å². The van der Waals surface area contributed by atoms with Gasteiger partial charge >= 0.3 is 0 Å². The lowest BCUT2D eigenvalue weighted by molar-refractivity contribution is 0.0998. The topological polar surface area (TPSA) is 70.0 Å². The van der Waals surface area contributed by atoms with E-state index in [0.717, 1.165) is 11.1 Å². The predicted molar refractivity (Wildman–Crippen MR) is 73.2 cm³/mol. The summed E-state index contributed by atoms with van der Waals surface area (Å²) in [6.07, 6.45) is 0. The second-order valence-electron chi connectivity index (χ2n) is 4.64. The van der Waals surface area contributed by atoms with Crippen molar-refractivity contribution in [1.29, 1.82) is 0 Å². The molecule has 1 heterocycles. The maximum atomic E-state index is 12.2. The van der Waals surface area contributed by atoms with Gasteiger partial charge in [0.2, 0.25) is 0 Å². The van der Waals surface area contributed by atoms with Crippen LogP contribution in [0.3, 0.4) is 0 Å². The molecular weight excluding hydrogens is 242 g/mol. The van der Waals surface area contributed by atoms with E-state index in [1.54, 1.807) is 18.7 Å². The fourth-order valence-electron chi connectivity index (χ4n) is 2.17. The van der Waals surface area contributed by atoms with E-state index < -0.39 is 5.91 Å². The molecule has 5 nitrogen and oxygen atoms in total. The number of benzene rings is 1. The minimum absolute atomic E-state index is 0.0658. The van der Waals surface area contributed by atoms with E-state index in [9.17, 15) is 9.59 Å². The molecule has 0 bridgehead atoms. The number of aromatic nitrogens is 2. The van der Waals surface area contributed by atoms with E-state index in [4.69, 9.17) is 5.73 Å². The summed E-state index contributed by atoms with van der Waals surface area (Å²) in [5.74, 6) is -0.679. The van der Waals surface area contributed by atoms with Gasteiger partial charge in [0.05, 0.1) is 6.54 Å². The Kier molecular flexibility index (Phi) is 3.29. The maximum absolute atomic E-state index is 12.2. The summed E-state index contributed by atoms with van der Waals surface area (Å²) >= 11 is 0. The molecular formula is C14H17N3O2. The van der Waals surface area contributed by atoms with Crippen molar-refractivity contribution in [3.8, 4) is 0 Å². The van der Waals surface area contributed by atoms with Crippen LogP contribution < -0.4 is 11.3 Å². The number of hydrogen-bond donors (Lipinski definition) is 1. The average Bonchev–Trinajstić information content (AvgIpc) is 2.56. The van der Waals surface area contributed by atoms with Crippen molar-refractivity contribution < 1.29 is 4.79 Å². The molecule has 100 valence electrons. The van der Waals surface area contributed by atoms with Crippen LogP contribution in [0.15, 0.2) is 29.1 Å². The first-order valence-electron chi connectivity index (χ1n) is 6.04. The molecule has 1 aromatic heterocycles. The lowest BCUT2D eigenvalue weighted by Gasteiger charge is -2.10. The zero-order valence-electron chi connectivity index (χ0n) is 11.3. The second kappa shape index (κ2) is 4.76. The first-order chi connectivity index (χ1) is 8.93. The molecule has 2 aromatic rings. The summed E-state index contributed by atoms with van der Waals surface area (Å²) in [6.45, 7) is 4.14. The molecule has 0 radical (unpaired) electrons. The third-order valence-electron chi connectivity index (χ3n) is 3.49. The lowest BCUT2D eigenvalue weighted by atomic mass is 10.1. The number of aryl methyl sites for hydroxylation is 1. The molecule has 0 saturated heterocycles. The average molecular weight is 259 g/mol. The molecule has 2 N–H and O–H groups in total. The number of hydrogen-bond acceptors (Lipinski definition) is 2. The number of amides is 1. The van der Waals surface area contributed by atoms with Crippen molar-refractivity contribution in [2.45, 2.75) is 20.4 Å². The molecule has 2 rings (SSSR count). The molecule has 0 aliphatic carbocycles. The zero-order valence-corrected chi connectivity index (χ0v) is 11.3. The Labute approximate surface area is 111 Å². The van der Waals surface area contributed by atoms with E-state index in [1.165, 1.54) is 4.68 Å². The standard InChI is InChI=1S/C14H17N3O2/c1-9-6-4-5-7-11(9)8-17-14(19)12(13(15)18)10(2)16(17)3/h4-7H,8H2,1-3H3,(H2,15,18). The summed E-state index contributed by atoms with van der Waals surface area (Å²) < 4.78 is 3.20. The highest BCUT2D eigenvalue weighted by Crippen LogP contribution is 2.10. The van der Waals surface area contributed by atoms with Crippen molar-refractivity contribution in [1.82, 2.24) is 9.36 Å². The van der Waals surface area contributed by atoms with Gasteiger partial charge in [-0.1, -0.05) is 24.3 Å². The smallest absolute Gasteiger partial charge is 0.280 e. The van der Waals surface area contributed by atoms with Crippen molar-refractivity contribution in [3.63, 3.8) is 0 Å². The Morgan fingerprint density at radius 1 is 1.26 bits per heavy atom. The predicted octanol–water partition coefficient (Wildman–Crippen LogP) is 0.951. The van der Waals surface area contributed by atoms with Crippen LogP contribution in [0.2, 0.25) is 0 Å². The van der Waals surface area contributed by atoms with Gasteiger partial charge in [0.25, 0.3) is 11.5 Å². The van der Waals surface area contributed by atoms with Crippen molar-refractivity contribution >= 4 is 5.91 Å². The quantitative estimate of drug-likeness (QED) is 0.891. The van der Waals surface area contributed by atoms with Gasteiger partial charge in [-0.2, -0.15) is 0 Å². The third-order valence-corrected chi connectivity index (χ3v) is 3.49. The number of rotatable bonds is 3. The SMILES string of the molecule is Cc1ccccc1Cn1c(=O)c(C(N)=O)c(C)n1C. The number of primary amides is 1. The maximum Gasteiger partial charge on any atom is 0.280 e. The van der Waals surface area contributed by atoms with Crippen LogP contribution in [-0.2, 0) is 13.6 Å². The molecule has 1 amide bonds. The summed E-state index contributed by atoms with van der Waals surface area (Å²) in [6, 6.07) is 7.84. The molecule has 0 spiro atoms. The molecule has 0 aliphatic rings. The first-order valence-corrected chi connectivity index (χ1v) is 6.04. The molecule has 5 heteroatoms. The number of nitrogens with zero attached hydrogens (tertiary/aromatic N) is 2. The highest BCUT2D eigenvalue weighted by Gasteiger charge is 2.19. The number of carbonyl (C=O) groups excluding carboxylic acids is 1. The summed E-state index contributed by atoms with van der Waals surface area (Å²) in [4.78, 5) is 23.5. The summed E-state index contributed by atoms with van der Waals surface area (Å²) in [5.41, 5.74) is 7.72. The Balaban J connectivity index is 2.54. The molecule has 1 aromatic carbocycles. The Morgan fingerprint density at radius 2 is 1.89 bits per heavy atom. The Bertz CT molecular complexity index is 695. The molecule has 0 saturated carbocycles. The molecule has 0 fully saturated rings. The Hall–Kier alpha value is -2.30. The molecule has 19 heavy (non-hydrogen) atoms. The van der Waals surface area contributed by atoms with Crippen molar-refractivity contribution in [2.24, 2.45) is 12.8 Å². The van der Waals surface area contributed by atoms with Gasteiger partial charge in [-0.15, -0.1) is 0 Å². The highest BCUT2D eigenvalue weighted by molar-refractivity contribution is 5.93. The second-order valence-corrected chi connectivity index (χ2v) is 4.64. The molecule has 0 unspecified atom stereocenters. The van der Waals surface area contributed by atoms with Gasteiger partial charge in [0.1, 0.15) is 5.56 Å². The largest absolute Gasteiger partial charge is 0.365 e. The third kappa shape index (κ3) is 2.19. The van der Waals surface area contributed by atoms with Gasteiger partial charge in [-0.25, -0.2) is 4.68 Å². The van der Waals surface area contributed by atoms with Crippen molar-refractivity contribution in [2.75, 3.05) is 0 Å². The number of carbonyl (C=O) groups is 1. The van der Waals surface area contributed by atoms with Crippen LogP contribution >= 0.6 is 0 Å². The van der Waals surface area contributed by atoms with E-state index in [-0.39, 0.29) is 11.1 Å². The van der Waals surface area contributed by atoms with Crippen molar-refractivity contribution in [3.05, 3.63) is 57.0 Å². The molecule has 0 atom stereocenters. The van der Waals surface area contributed by atoms with Crippen LogP contribution in [0.5, 0.6) is 0 Å². The van der Waals surface area contributed by atoms with Gasteiger partial charge in [0.15, 0.2) is 0 Å². The summed E-state index contributed by atoms with van der Waals surface area (Å²) in [5, 5.41) is 0. The fraction of sp³-hybridized carbons (Fsp3) is 0.286. The highest BCUT2D eigenvalue weighted by atomic mass is 16.2. The van der Waals surface area contributed by atoms with Gasteiger partial charge in [-0.05, 0) is 25.0 Å². The first kappa shape index (κ1) is 13.1. The van der Waals surface area contributed by atoms with Crippen LogP contribution in [0.4, 0.5) is 0 Å². The van der Waals surface area contributed by atoms with E-state index in [0.29, 0.717) is 12.2 Å². The van der Waals surface area contributed by atoms with E-state index in [1.807, 2.05) is 31.2 Å². The minimum Gasteiger partial charge on any atom is -0.365 e. The van der Waals surface area contributed by atoms with Crippen LogP contribution in [0, 0.1) is 13.8 Å². The van der Waals surface area contributed by atoms with Gasteiger partial charge < -0.3 is 5.73 Å². The molecule has 0 aliphatic heterocycles. The van der Waals surface area contributed by atoms with Crippen LogP contribution in [0.25, 0.3) is 0 Å². The van der Waals surface area contributed by atoms with Crippen LogP contribution in [0.1, 0.15) is 27.2 Å². The minimum atomic E-state index is -0.679. The van der Waals surface area contributed by atoms with Crippen LogP contribution in [-0.4, -0.2) is 15.3 Å². The summed E-state index contributed by atoms with van der Waals surface area (Å²) in [7, 11) is 1.75. The lowest BCUT2D eigenvalue weighted by Crippen LogP contribution is -2.27. The van der Waals surface area contributed by atoms with Gasteiger partial charge in [-0.3, -0.25) is 14.3 Å². The monoisotopic (exact) mass is 259 g/mol. The zero-order chi connectivity index (χ0) is 14.2. The normalized spacial score (nSPS) is 10.7. The van der Waals surface area contributed by atoms with E-state index >= 15 is 0 Å². The number of nitrogens with two attached hydrogens (primary N) is 1. The van der Waals surface area contributed by atoms with Gasteiger partial charge in [0, 0.05) is 12.7 Å².